The van der Waals surface area contributed by atoms with Crippen molar-refractivity contribution in [3.05, 3.63) is 70.5 Å². The summed E-state index contributed by atoms with van der Waals surface area (Å²) in [6.07, 6.45) is 4.86. The summed E-state index contributed by atoms with van der Waals surface area (Å²) in [5.41, 5.74) is 5.93. The largest absolute Gasteiger partial charge is 0.331 e. The predicted octanol–water partition coefficient (Wildman–Crippen LogP) is 7.15. The molecule has 2 aliphatic heterocycles. The molecule has 196 valence electrons. The molecule has 1 aliphatic carbocycles. The summed E-state index contributed by atoms with van der Waals surface area (Å²) in [6.45, 7) is 4.82. The van der Waals surface area contributed by atoms with E-state index in [4.69, 9.17) is 33.2 Å². The molecule has 7 rings (SSSR count). The van der Waals surface area contributed by atoms with Crippen LogP contribution in [0.4, 0.5) is 0 Å². The number of aromatic amines is 2. The van der Waals surface area contributed by atoms with Crippen LogP contribution in [0.1, 0.15) is 43.0 Å². The molecule has 0 radical (unpaired) electrons. The fourth-order valence-corrected chi connectivity index (χ4v) is 9.15. The van der Waals surface area contributed by atoms with Crippen LogP contribution in [0.15, 0.2) is 48.5 Å². The van der Waals surface area contributed by atoms with E-state index in [1.54, 1.807) is 0 Å². The zero-order valence-electron chi connectivity index (χ0n) is 21.6. The van der Waals surface area contributed by atoms with E-state index in [1.807, 2.05) is 0 Å². The summed E-state index contributed by atoms with van der Waals surface area (Å²) in [5, 5.41) is 8.52. The average molecular weight is 564 g/mol. The normalized spacial score (nSPS) is 25.9. The van der Waals surface area contributed by atoms with Gasteiger partial charge in [0.15, 0.2) is 0 Å². The highest BCUT2D eigenvalue weighted by molar-refractivity contribution is 6.78. The van der Waals surface area contributed by atoms with Gasteiger partial charge in [0.25, 0.3) is 0 Å². The molecule has 38 heavy (non-hydrogen) atoms. The van der Waals surface area contributed by atoms with Crippen LogP contribution in [0.3, 0.4) is 0 Å². The highest BCUT2D eigenvalue weighted by Gasteiger charge is 2.41. The lowest BCUT2D eigenvalue weighted by atomic mass is 9.80. The molecule has 6 nitrogen and oxygen atoms in total. The third-order valence-corrected chi connectivity index (χ3v) is 11.8. The lowest BCUT2D eigenvalue weighted by molar-refractivity contribution is 0.276. The van der Waals surface area contributed by atoms with Gasteiger partial charge in [-0.05, 0) is 48.5 Å². The number of nitrogens with zero attached hydrogens (tertiary/aromatic N) is 2. The van der Waals surface area contributed by atoms with E-state index in [1.165, 1.54) is 18.9 Å². The quantitative estimate of drug-likeness (QED) is 0.195. The molecular formula is C29H32Cl2N6Si. The third-order valence-electron chi connectivity index (χ3n) is 8.62. The molecule has 1 saturated carbocycles. The van der Waals surface area contributed by atoms with Crippen molar-refractivity contribution in [3.63, 3.8) is 0 Å². The minimum absolute atomic E-state index is 0.268. The number of halogens is 2. The number of aromatic nitrogens is 4. The second-order valence-electron chi connectivity index (χ2n) is 11.9. The van der Waals surface area contributed by atoms with Gasteiger partial charge in [0.2, 0.25) is 0 Å². The fourth-order valence-electron chi connectivity index (χ4n) is 6.27. The molecule has 4 unspecified atom stereocenters. The zero-order valence-corrected chi connectivity index (χ0v) is 24.1. The van der Waals surface area contributed by atoms with Crippen molar-refractivity contribution in [2.45, 2.75) is 56.5 Å². The van der Waals surface area contributed by atoms with Crippen molar-refractivity contribution >= 4 is 31.3 Å². The molecule has 0 amide bonds. The minimum atomic E-state index is -1.19. The topological polar surface area (TPSA) is 81.4 Å². The number of nitrogens with one attached hydrogen (secondary N) is 4. The molecule has 2 aromatic heterocycles. The van der Waals surface area contributed by atoms with E-state index in [0.29, 0.717) is 16.3 Å². The van der Waals surface area contributed by atoms with E-state index in [0.717, 1.165) is 63.8 Å². The first-order valence-corrected chi connectivity index (χ1v) is 17.7. The van der Waals surface area contributed by atoms with E-state index in [9.17, 15) is 0 Å². The summed E-state index contributed by atoms with van der Waals surface area (Å²) >= 11 is 13.2. The van der Waals surface area contributed by atoms with Crippen LogP contribution in [0, 0.1) is 5.92 Å². The lowest BCUT2D eigenvalue weighted by Crippen LogP contribution is -2.35. The first-order valence-electron chi connectivity index (χ1n) is 13.5. The van der Waals surface area contributed by atoms with E-state index < -0.39 is 8.07 Å². The third kappa shape index (κ3) is 4.44. The highest BCUT2D eigenvalue weighted by Crippen LogP contribution is 2.43. The number of fused-ring (bicyclic) bond motifs is 1. The monoisotopic (exact) mass is 562 g/mol. The van der Waals surface area contributed by atoms with E-state index >= 15 is 0 Å². The summed E-state index contributed by atoms with van der Waals surface area (Å²) in [5.74, 6) is 2.69. The number of imidazole rings is 2. The lowest BCUT2D eigenvalue weighted by Gasteiger charge is -2.29. The van der Waals surface area contributed by atoms with Crippen LogP contribution in [0.2, 0.25) is 29.4 Å². The molecule has 0 bridgehead atoms. The van der Waals surface area contributed by atoms with E-state index in [-0.39, 0.29) is 12.1 Å². The molecule has 0 spiro atoms. The number of benzene rings is 2. The van der Waals surface area contributed by atoms with Gasteiger partial charge in [0.05, 0.1) is 20.2 Å². The summed E-state index contributed by atoms with van der Waals surface area (Å²) in [4.78, 5) is 16.4. The molecule has 4 N–H and O–H groups in total. The summed E-state index contributed by atoms with van der Waals surface area (Å²) < 4.78 is 0. The van der Waals surface area contributed by atoms with Gasteiger partial charge in [-0.25, -0.2) is 9.97 Å². The Labute approximate surface area is 234 Å². The van der Waals surface area contributed by atoms with Crippen molar-refractivity contribution in [1.82, 2.24) is 30.6 Å². The Balaban J connectivity index is 1.07. The van der Waals surface area contributed by atoms with Crippen molar-refractivity contribution in [2.24, 2.45) is 5.92 Å². The number of H-pyrrole nitrogens is 2. The molecule has 3 aliphatic rings. The Kier molecular flexibility index (Phi) is 6.05. The van der Waals surface area contributed by atoms with Crippen LogP contribution >= 0.6 is 23.2 Å². The summed E-state index contributed by atoms with van der Waals surface area (Å²) in [6, 6.07) is 19.2. The molecule has 2 aromatic carbocycles. The Morgan fingerprint density at radius 2 is 1.26 bits per heavy atom. The number of rotatable bonds is 5. The Morgan fingerprint density at radius 3 is 1.68 bits per heavy atom. The average Bonchev–Trinajstić information content (AvgIpc) is 3.65. The second-order valence-corrected chi connectivity index (χ2v) is 17.8. The van der Waals surface area contributed by atoms with Crippen molar-refractivity contribution < 1.29 is 0 Å². The minimum Gasteiger partial charge on any atom is -0.331 e. The van der Waals surface area contributed by atoms with Crippen LogP contribution in [-0.2, 0) is 0 Å². The summed E-state index contributed by atoms with van der Waals surface area (Å²) in [7, 11) is -1.19. The number of hydrogen-bond acceptors (Lipinski definition) is 4. The fraction of sp³-hybridized carbons (Fsp3) is 0.379. The molecule has 3 fully saturated rings. The first-order chi connectivity index (χ1) is 18.3. The predicted molar refractivity (Wildman–Crippen MR) is 157 cm³/mol. The first kappa shape index (κ1) is 24.6. The maximum absolute atomic E-state index is 6.58. The van der Waals surface area contributed by atoms with Gasteiger partial charge < -0.3 is 20.6 Å². The Morgan fingerprint density at radius 1 is 0.737 bits per heavy atom. The van der Waals surface area contributed by atoms with Crippen LogP contribution in [0.5, 0.6) is 0 Å². The Hall–Kier alpha value is -2.42. The van der Waals surface area contributed by atoms with Gasteiger partial charge in [-0.15, -0.1) is 0 Å². The smallest absolute Gasteiger partial charge is 0.134 e. The maximum atomic E-state index is 6.58. The van der Waals surface area contributed by atoms with Gasteiger partial charge >= 0.3 is 0 Å². The van der Waals surface area contributed by atoms with Gasteiger partial charge in [-0.2, -0.15) is 0 Å². The molecule has 4 heterocycles. The van der Waals surface area contributed by atoms with Crippen molar-refractivity contribution in [1.29, 1.82) is 0 Å². The van der Waals surface area contributed by atoms with Crippen LogP contribution < -0.4 is 10.6 Å². The van der Waals surface area contributed by atoms with Crippen LogP contribution in [-0.4, -0.2) is 40.2 Å². The van der Waals surface area contributed by atoms with Gasteiger partial charge in [-0.1, -0.05) is 84.8 Å². The van der Waals surface area contributed by atoms with Gasteiger partial charge in [0.1, 0.15) is 33.3 Å². The molecule has 2 saturated heterocycles. The highest BCUT2D eigenvalue weighted by atomic mass is 35.5. The van der Waals surface area contributed by atoms with Crippen molar-refractivity contribution in [2.75, 3.05) is 6.17 Å². The zero-order chi connectivity index (χ0) is 26.0. The molecule has 4 aromatic rings. The molecule has 4 atom stereocenters. The van der Waals surface area contributed by atoms with Crippen molar-refractivity contribution in [3.8, 4) is 33.6 Å². The molecule has 9 heteroatoms. The number of hydrogen-bond donors (Lipinski definition) is 4. The second kappa shape index (κ2) is 9.35. The van der Waals surface area contributed by atoms with E-state index in [2.05, 4.69) is 82.2 Å². The van der Waals surface area contributed by atoms with Crippen LogP contribution in [0.25, 0.3) is 33.6 Å². The van der Waals surface area contributed by atoms with Gasteiger partial charge in [-0.3, -0.25) is 0 Å². The molecular weight excluding hydrogens is 531 g/mol. The standard InChI is InChI=1S/C29H32Cl2N6Si/c1-38(2)14-23(32-15-38)29-35-25(27(31)37-29)19-9-5-17(6-10-19)16-3-7-18(8-4-16)24-26(30)36-28(34-24)22-13-20-11-12-21(20)33-22/h3-10,20-23,32-33H,11-15H2,1-2H3,(H,34,36)(H,35,37). The Bertz CT molecular complexity index is 1380. The van der Waals surface area contributed by atoms with Gasteiger partial charge in [0, 0.05) is 17.2 Å². The SMILES string of the molecule is C[Si]1(C)CNC(c2nc(-c3ccc(-c4ccc(-c5nc(C6CC7CCC7N6)[nH]c5Cl)cc4)cc3)c(Cl)[nH]2)C1. The maximum Gasteiger partial charge on any atom is 0.134 e.